The molecule has 12 heteroatoms. The van der Waals surface area contributed by atoms with E-state index in [9.17, 15) is 9.90 Å². The summed E-state index contributed by atoms with van der Waals surface area (Å²) in [5, 5.41) is 23.3. The number of aromatic hydroxyl groups is 1. The maximum atomic E-state index is 13.6. The molecule has 0 unspecified atom stereocenters. The highest BCUT2D eigenvalue weighted by Crippen LogP contribution is 2.36. The summed E-state index contributed by atoms with van der Waals surface area (Å²) in [5.74, 6) is 2.14. The lowest BCUT2D eigenvalue weighted by molar-refractivity contribution is 0.0906. The monoisotopic (exact) mass is 531 g/mol. The van der Waals surface area contributed by atoms with Gasteiger partial charge in [-0.05, 0) is 59.7 Å². The highest BCUT2D eigenvalue weighted by atomic mass is 16.7. The summed E-state index contributed by atoms with van der Waals surface area (Å²) in [6, 6.07) is 12.4. The number of anilines is 1. The average molecular weight is 532 g/mol. The molecule has 0 spiro atoms. The van der Waals surface area contributed by atoms with Crippen molar-refractivity contribution < 1.29 is 19.3 Å². The number of piperazine rings is 1. The third-order valence-electron chi connectivity index (χ3n) is 7.76. The zero-order valence-electron chi connectivity index (χ0n) is 21.3. The molecule has 2 N–H and O–H groups in total. The van der Waals surface area contributed by atoms with Crippen molar-refractivity contribution in [2.75, 3.05) is 44.5 Å². The third kappa shape index (κ3) is 4.55. The van der Waals surface area contributed by atoms with Crippen LogP contribution in [0, 0.1) is 0 Å². The zero-order chi connectivity index (χ0) is 26.3. The van der Waals surface area contributed by atoms with Gasteiger partial charge in [0.1, 0.15) is 11.8 Å². The number of fused-ring (bicyclic) bond motifs is 2. The summed E-state index contributed by atoms with van der Waals surface area (Å²) in [6.07, 6.45) is 2.03. The van der Waals surface area contributed by atoms with E-state index >= 15 is 0 Å². The maximum absolute atomic E-state index is 13.6. The number of rotatable bonds is 6. The molecule has 0 amide bonds. The maximum Gasteiger partial charge on any atom is 0.253 e. The molecule has 2 atom stereocenters. The van der Waals surface area contributed by atoms with Crippen molar-refractivity contribution in [3.05, 3.63) is 64.2 Å². The molecule has 202 valence electrons. The molecule has 4 aromatic rings. The normalized spacial score (nSPS) is 20.1. The van der Waals surface area contributed by atoms with Crippen LogP contribution in [0.15, 0.2) is 47.3 Å². The van der Waals surface area contributed by atoms with Crippen molar-refractivity contribution in [2.24, 2.45) is 0 Å². The van der Waals surface area contributed by atoms with Gasteiger partial charge >= 0.3 is 0 Å². The number of aromatic nitrogens is 5. The largest absolute Gasteiger partial charge is 0.508 e. The number of aromatic amines is 1. The van der Waals surface area contributed by atoms with Gasteiger partial charge in [0.25, 0.3) is 5.56 Å². The molecule has 2 fully saturated rings. The number of hydrogen-bond acceptors (Lipinski definition) is 10. The van der Waals surface area contributed by atoms with E-state index in [-0.39, 0.29) is 24.2 Å². The predicted octanol–water partition coefficient (Wildman–Crippen LogP) is 2.04. The Balaban J connectivity index is 1.25. The van der Waals surface area contributed by atoms with Gasteiger partial charge in [-0.1, -0.05) is 0 Å². The van der Waals surface area contributed by atoms with E-state index in [0.29, 0.717) is 48.0 Å². The fourth-order valence-electron chi connectivity index (χ4n) is 5.74. The van der Waals surface area contributed by atoms with Crippen molar-refractivity contribution in [2.45, 2.75) is 31.5 Å². The number of H-pyrrole nitrogens is 1. The Labute approximate surface area is 223 Å². The van der Waals surface area contributed by atoms with Gasteiger partial charge in [-0.3, -0.25) is 9.69 Å². The summed E-state index contributed by atoms with van der Waals surface area (Å²) in [7, 11) is 0. The molecular weight excluding hydrogens is 502 g/mol. The van der Waals surface area contributed by atoms with Gasteiger partial charge in [-0.2, -0.15) is 0 Å². The molecule has 2 aromatic heterocycles. The first-order valence-electron chi connectivity index (χ1n) is 13.2. The van der Waals surface area contributed by atoms with E-state index in [0.717, 1.165) is 43.6 Å². The third-order valence-corrected chi connectivity index (χ3v) is 7.76. The van der Waals surface area contributed by atoms with Crippen LogP contribution in [0.25, 0.3) is 10.9 Å². The quantitative estimate of drug-likeness (QED) is 0.381. The minimum absolute atomic E-state index is 0.0499. The van der Waals surface area contributed by atoms with Crippen molar-refractivity contribution in [1.29, 1.82) is 0 Å². The number of pyridine rings is 1. The Hall–Kier alpha value is -4.16. The zero-order valence-corrected chi connectivity index (χ0v) is 21.3. The van der Waals surface area contributed by atoms with E-state index in [2.05, 4.69) is 30.3 Å². The molecule has 3 aliphatic heterocycles. The number of phenolic OH excluding ortho intramolecular Hbond substituents is 1. The number of phenols is 1. The second-order valence-corrected chi connectivity index (χ2v) is 10.1. The first-order chi connectivity index (χ1) is 19.1. The van der Waals surface area contributed by atoms with E-state index in [1.54, 1.807) is 22.9 Å². The number of tetrazole rings is 1. The summed E-state index contributed by atoms with van der Waals surface area (Å²) in [6.45, 7) is 4.32. The fraction of sp³-hybridized carbons (Fsp3) is 0.407. The van der Waals surface area contributed by atoms with Crippen LogP contribution in [0.5, 0.6) is 17.2 Å². The van der Waals surface area contributed by atoms with Crippen LogP contribution in [-0.4, -0.2) is 80.9 Å². The topological polar surface area (TPSA) is 131 Å². The molecular formula is C27H29N7O5. The van der Waals surface area contributed by atoms with Crippen LogP contribution in [-0.2, 0) is 11.3 Å². The van der Waals surface area contributed by atoms with E-state index in [1.807, 2.05) is 24.3 Å². The van der Waals surface area contributed by atoms with Crippen LogP contribution in [0.3, 0.4) is 0 Å². The lowest BCUT2D eigenvalue weighted by Crippen LogP contribution is -2.49. The lowest BCUT2D eigenvalue weighted by Gasteiger charge is -2.39. The molecule has 5 heterocycles. The van der Waals surface area contributed by atoms with Crippen molar-refractivity contribution in [3.8, 4) is 17.2 Å². The van der Waals surface area contributed by atoms with Gasteiger partial charge in [0.2, 0.25) is 6.79 Å². The van der Waals surface area contributed by atoms with Crippen LogP contribution < -0.4 is 19.9 Å². The molecule has 0 saturated carbocycles. The molecule has 3 aliphatic rings. The van der Waals surface area contributed by atoms with E-state index in [4.69, 9.17) is 14.2 Å². The Morgan fingerprint density at radius 2 is 1.85 bits per heavy atom. The smallest absolute Gasteiger partial charge is 0.253 e. The fourth-order valence-corrected chi connectivity index (χ4v) is 5.74. The first-order valence-corrected chi connectivity index (χ1v) is 13.2. The molecule has 2 saturated heterocycles. The van der Waals surface area contributed by atoms with Gasteiger partial charge in [0.15, 0.2) is 17.3 Å². The second kappa shape index (κ2) is 9.86. The Morgan fingerprint density at radius 3 is 2.62 bits per heavy atom. The van der Waals surface area contributed by atoms with Crippen LogP contribution in [0.2, 0.25) is 0 Å². The first kappa shape index (κ1) is 23.9. The van der Waals surface area contributed by atoms with Gasteiger partial charge in [-0.25, -0.2) is 4.68 Å². The Morgan fingerprint density at radius 1 is 1.05 bits per heavy atom. The number of hydrogen-bond donors (Lipinski definition) is 2. The summed E-state index contributed by atoms with van der Waals surface area (Å²) in [5.41, 5.74) is 2.11. The van der Waals surface area contributed by atoms with Crippen molar-refractivity contribution in [3.63, 3.8) is 0 Å². The summed E-state index contributed by atoms with van der Waals surface area (Å²) in [4.78, 5) is 21.2. The molecule has 0 radical (unpaired) electrons. The number of ether oxygens (including phenoxy) is 3. The van der Waals surface area contributed by atoms with Gasteiger partial charge in [-0.15, -0.1) is 5.10 Å². The van der Waals surface area contributed by atoms with Crippen LogP contribution >= 0.6 is 0 Å². The standard InChI is InChI=1S/C27H29N7O5/c35-19-5-3-18(4-6-19)32-7-9-33(10-8-32)25(26-29-30-31-34(26)15-20-2-1-11-37-20)21-12-17-13-23-24(39-16-38-23)14-22(17)28-27(21)36/h3-6,12-14,20,25,35H,1-2,7-11,15-16H2,(H,28,36)/t20-,25-/m0/s1. The molecule has 39 heavy (non-hydrogen) atoms. The SMILES string of the molecule is O=c1[nH]c2cc3c(cc2cc1[C@@H](c1nnnn1C[C@@H]1CCCO1)N1CCN(c2ccc(O)cc2)CC1)OCO3. The van der Waals surface area contributed by atoms with Crippen LogP contribution in [0.1, 0.15) is 30.3 Å². The number of nitrogens with zero attached hydrogens (tertiary/aromatic N) is 6. The number of nitrogens with one attached hydrogen (secondary N) is 1. The molecule has 0 aliphatic carbocycles. The van der Waals surface area contributed by atoms with Gasteiger partial charge in [0.05, 0.1) is 18.2 Å². The molecule has 7 rings (SSSR count). The molecule has 2 aromatic carbocycles. The Bertz CT molecular complexity index is 1540. The number of benzene rings is 2. The van der Waals surface area contributed by atoms with E-state index < -0.39 is 6.04 Å². The minimum atomic E-state index is -0.457. The average Bonchev–Trinajstić information content (AvgIpc) is 3.72. The lowest BCUT2D eigenvalue weighted by atomic mass is 10.0. The molecule has 12 nitrogen and oxygen atoms in total. The summed E-state index contributed by atoms with van der Waals surface area (Å²) >= 11 is 0. The van der Waals surface area contributed by atoms with E-state index in [1.165, 1.54) is 0 Å². The van der Waals surface area contributed by atoms with Crippen molar-refractivity contribution >= 4 is 16.6 Å². The van der Waals surface area contributed by atoms with Gasteiger partial charge < -0.3 is 29.2 Å². The predicted molar refractivity (Wildman–Crippen MR) is 141 cm³/mol. The van der Waals surface area contributed by atoms with Crippen molar-refractivity contribution in [1.82, 2.24) is 30.1 Å². The summed E-state index contributed by atoms with van der Waals surface area (Å²) < 4.78 is 18.7. The highest BCUT2D eigenvalue weighted by molar-refractivity contribution is 5.83. The highest BCUT2D eigenvalue weighted by Gasteiger charge is 2.34. The van der Waals surface area contributed by atoms with Gasteiger partial charge in [0, 0.05) is 55.5 Å². The molecule has 0 bridgehead atoms. The Kier molecular flexibility index (Phi) is 6.05. The second-order valence-electron chi connectivity index (χ2n) is 10.1. The minimum Gasteiger partial charge on any atom is -0.508 e. The van der Waals surface area contributed by atoms with Crippen LogP contribution in [0.4, 0.5) is 5.69 Å².